The van der Waals surface area contributed by atoms with Crippen molar-refractivity contribution in [3.05, 3.63) is 29.3 Å². The van der Waals surface area contributed by atoms with E-state index in [1.165, 1.54) is 11.1 Å². The third-order valence-electron chi connectivity index (χ3n) is 2.14. The van der Waals surface area contributed by atoms with Crippen molar-refractivity contribution in [1.29, 1.82) is 0 Å². The van der Waals surface area contributed by atoms with Crippen LogP contribution in [0, 0.1) is 6.92 Å². The number of benzene rings is 1. The number of ether oxygens (including phenoxy) is 1. The zero-order valence-corrected chi connectivity index (χ0v) is 9.08. The molecule has 2 nitrogen and oxygen atoms in total. The van der Waals surface area contributed by atoms with E-state index in [4.69, 9.17) is 4.74 Å². The summed E-state index contributed by atoms with van der Waals surface area (Å²) in [5.41, 5.74) is 2.36. The zero-order valence-electron chi connectivity index (χ0n) is 9.08. The van der Waals surface area contributed by atoms with E-state index in [0.717, 1.165) is 5.75 Å². The van der Waals surface area contributed by atoms with Crippen molar-refractivity contribution >= 4 is 0 Å². The van der Waals surface area contributed by atoms with Crippen molar-refractivity contribution in [2.75, 3.05) is 6.61 Å². The molecule has 0 spiro atoms. The fourth-order valence-electron chi connectivity index (χ4n) is 1.47. The van der Waals surface area contributed by atoms with E-state index >= 15 is 0 Å². The van der Waals surface area contributed by atoms with Gasteiger partial charge in [-0.25, -0.2) is 0 Å². The molecule has 0 saturated carbocycles. The van der Waals surface area contributed by atoms with Gasteiger partial charge in [-0.05, 0) is 50.5 Å². The van der Waals surface area contributed by atoms with Crippen molar-refractivity contribution in [2.45, 2.75) is 33.3 Å². The van der Waals surface area contributed by atoms with E-state index in [-0.39, 0.29) is 6.10 Å². The van der Waals surface area contributed by atoms with E-state index in [2.05, 4.69) is 0 Å². The molecule has 0 aliphatic carbocycles. The van der Waals surface area contributed by atoms with E-state index < -0.39 is 0 Å². The Balaban J connectivity index is 2.79. The fourth-order valence-corrected chi connectivity index (χ4v) is 1.47. The molecule has 14 heavy (non-hydrogen) atoms. The first-order chi connectivity index (χ1) is 6.63. The molecule has 1 N–H and O–H groups in total. The number of aliphatic hydroxyl groups excluding tert-OH is 1. The summed E-state index contributed by atoms with van der Waals surface area (Å²) in [5, 5.41) is 9.27. The number of hydrogen-bond acceptors (Lipinski definition) is 2. The summed E-state index contributed by atoms with van der Waals surface area (Å²) in [6.07, 6.45) is 0.421. The Morgan fingerprint density at radius 2 is 2.14 bits per heavy atom. The van der Waals surface area contributed by atoms with E-state index in [1.807, 2.05) is 32.0 Å². The maximum atomic E-state index is 9.27. The van der Waals surface area contributed by atoms with Crippen LogP contribution in [0.3, 0.4) is 0 Å². The summed E-state index contributed by atoms with van der Waals surface area (Å²) >= 11 is 0. The van der Waals surface area contributed by atoms with Gasteiger partial charge < -0.3 is 9.84 Å². The minimum atomic E-state index is -0.286. The lowest BCUT2D eigenvalue weighted by Gasteiger charge is -2.10. The van der Waals surface area contributed by atoms with Gasteiger partial charge in [0.05, 0.1) is 12.7 Å². The summed E-state index contributed by atoms with van der Waals surface area (Å²) in [5.74, 6) is 0.902. The van der Waals surface area contributed by atoms with Crippen LogP contribution in [0.5, 0.6) is 5.75 Å². The second kappa shape index (κ2) is 5.01. The average Bonchev–Trinajstić information content (AvgIpc) is 2.10. The monoisotopic (exact) mass is 194 g/mol. The Morgan fingerprint density at radius 1 is 1.43 bits per heavy atom. The minimum absolute atomic E-state index is 0.286. The van der Waals surface area contributed by atoms with Gasteiger partial charge in [-0.2, -0.15) is 0 Å². The molecule has 0 fully saturated rings. The quantitative estimate of drug-likeness (QED) is 0.797. The van der Waals surface area contributed by atoms with Crippen molar-refractivity contribution in [3.63, 3.8) is 0 Å². The molecule has 1 aromatic carbocycles. The molecule has 0 radical (unpaired) electrons. The highest BCUT2D eigenvalue weighted by molar-refractivity contribution is 5.35. The molecule has 78 valence electrons. The Bertz CT molecular complexity index is 292. The van der Waals surface area contributed by atoms with Gasteiger partial charge in [-0.1, -0.05) is 6.07 Å². The van der Waals surface area contributed by atoms with Crippen LogP contribution in [0.2, 0.25) is 0 Å². The SMILES string of the molecule is CCOc1ccc(C[C@@H](C)O)c(C)c1. The molecule has 2 heteroatoms. The molecular formula is C12H18O2. The average molecular weight is 194 g/mol. The predicted molar refractivity (Wildman–Crippen MR) is 57.7 cm³/mol. The van der Waals surface area contributed by atoms with Crippen LogP contribution >= 0.6 is 0 Å². The third kappa shape index (κ3) is 3.04. The molecule has 1 rings (SSSR count). The van der Waals surface area contributed by atoms with Crippen LogP contribution in [0.1, 0.15) is 25.0 Å². The Hall–Kier alpha value is -1.02. The second-order valence-corrected chi connectivity index (χ2v) is 3.57. The third-order valence-corrected chi connectivity index (χ3v) is 2.14. The largest absolute Gasteiger partial charge is 0.494 e. The second-order valence-electron chi connectivity index (χ2n) is 3.57. The van der Waals surface area contributed by atoms with E-state index in [9.17, 15) is 5.11 Å². The van der Waals surface area contributed by atoms with Crippen molar-refractivity contribution < 1.29 is 9.84 Å². The lowest BCUT2D eigenvalue weighted by Crippen LogP contribution is -2.05. The molecule has 0 unspecified atom stereocenters. The van der Waals surface area contributed by atoms with Crippen LogP contribution in [0.4, 0.5) is 0 Å². The van der Waals surface area contributed by atoms with Crippen molar-refractivity contribution in [2.24, 2.45) is 0 Å². The first-order valence-electron chi connectivity index (χ1n) is 5.04. The molecule has 1 atom stereocenters. The van der Waals surface area contributed by atoms with Crippen molar-refractivity contribution in [1.82, 2.24) is 0 Å². The van der Waals surface area contributed by atoms with Gasteiger partial charge in [0.2, 0.25) is 0 Å². The zero-order chi connectivity index (χ0) is 10.6. The summed E-state index contributed by atoms with van der Waals surface area (Å²) < 4.78 is 5.38. The van der Waals surface area contributed by atoms with E-state index in [1.54, 1.807) is 6.92 Å². The fraction of sp³-hybridized carbons (Fsp3) is 0.500. The first-order valence-corrected chi connectivity index (χ1v) is 5.04. The van der Waals surface area contributed by atoms with Gasteiger partial charge in [0, 0.05) is 0 Å². The summed E-state index contributed by atoms with van der Waals surface area (Å²) in [6, 6.07) is 5.99. The van der Waals surface area contributed by atoms with Crippen LogP contribution in [0.25, 0.3) is 0 Å². The minimum Gasteiger partial charge on any atom is -0.494 e. The molecule has 0 aliphatic heterocycles. The maximum Gasteiger partial charge on any atom is 0.119 e. The number of rotatable bonds is 4. The van der Waals surface area contributed by atoms with Crippen LogP contribution in [-0.4, -0.2) is 17.8 Å². The first kappa shape index (κ1) is 11.1. The molecule has 0 amide bonds. The molecule has 1 aromatic rings. The smallest absolute Gasteiger partial charge is 0.119 e. The normalized spacial score (nSPS) is 12.6. The highest BCUT2D eigenvalue weighted by atomic mass is 16.5. The highest BCUT2D eigenvalue weighted by Gasteiger charge is 2.03. The van der Waals surface area contributed by atoms with Gasteiger partial charge in [-0.3, -0.25) is 0 Å². The van der Waals surface area contributed by atoms with Gasteiger partial charge in [-0.15, -0.1) is 0 Å². The maximum absolute atomic E-state index is 9.27. The lowest BCUT2D eigenvalue weighted by molar-refractivity contribution is 0.195. The molecule has 0 aliphatic rings. The Kier molecular flexibility index (Phi) is 3.96. The van der Waals surface area contributed by atoms with Crippen LogP contribution in [-0.2, 0) is 6.42 Å². The molecular weight excluding hydrogens is 176 g/mol. The van der Waals surface area contributed by atoms with Crippen LogP contribution < -0.4 is 4.74 Å². The topological polar surface area (TPSA) is 29.5 Å². The highest BCUT2D eigenvalue weighted by Crippen LogP contribution is 2.18. The van der Waals surface area contributed by atoms with Gasteiger partial charge in [0.1, 0.15) is 5.75 Å². The standard InChI is InChI=1S/C12H18O2/c1-4-14-12-6-5-11(8-10(3)13)9(2)7-12/h5-7,10,13H,4,8H2,1-3H3/t10-/m1/s1. The Morgan fingerprint density at radius 3 is 2.64 bits per heavy atom. The van der Waals surface area contributed by atoms with Crippen LogP contribution in [0.15, 0.2) is 18.2 Å². The summed E-state index contributed by atoms with van der Waals surface area (Å²) in [7, 11) is 0. The van der Waals surface area contributed by atoms with E-state index in [0.29, 0.717) is 13.0 Å². The Labute approximate surface area is 85.5 Å². The summed E-state index contributed by atoms with van der Waals surface area (Å²) in [6.45, 7) is 6.50. The van der Waals surface area contributed by atoms with Crippen molar-refractivity contribution in [3.8, 4) is 5.75 Å². The summed E-state index contributed by atoms with van der Waals surface area (Å²) in [4.78, 5) is 0. The van der Waals surface area contributed by atoms with Gasteiger partial charge in [0.15, 0.2) is 0 Å². The molecule has 0 heterocycles. The lowest BCUT2D eigenvalue weighted by atomic mass is 10.0. The number of hydrogen-bond donors (Lipinski definition) is 1. The molecule has 0 saturated heterocycles. The molecule has 0 aromatic heterocycles. The van der Waals surface area contributed by atoms with Gasteiger partial charge in [0.25, 0.3) is 0 Å². The number of aliphatic hydroxyl groups is 1. The molecule has 0 bridgehead atoms. The number of aryl methyl sites for hydroxylation is 1. The van der Waals surface area contributed by atoms with Gasteiger partial charge >= 0.3 is 0 Å². The predicted octanol–water partition coefficient (Wildman–Crippen LogP) is 2.32.